The van der Waals surface area contributed by atoms with E-state index in [1.807, 2.05) is 36.6 Å². The first kappa shape index (κ1) is 22.2. The minimum atomic E-state index is -0.325. The first-order chi connectivity index (χ1) is 16.0. The molecule has 3 aromatic carbocycles. The summed E-state index contributed by atoms with van der Waals surface area (Å²) in [5, 5.41) is 8.44. The Kier molecular flexibility index (Phi) is 6.80. The molecule has 4 rings (SSSR count). The molecule has 0 saturated heterocycles. The summed E-state index contributed by atoms with van der Waals surface area (Å²) in [7, 11) is 1.57. The summed E-state index contributed by atoms with van der Waals surface area (Å²) in [4.78, 5) is 30.1. The zero-order chi connectivity index (χ0) is 23.2. The van der Waals surface area contributed by atoms with E-state index in [0.717, 1.165) is 10.6 Å². The quantitative estimate of drug-likeness (QED) is 0.381. The molecule has 1 aromatic heterocycles. The van der Waals surface area contributed by atoms with Crippen molar-refractivity contribution in [2.75, 3.05) is 17.7 Å². The topological polar surface area (TPSA) is 80.3 Å². The number of anilines is 2. The van der Waals surface area contributed by atoms with Gasteiger partial charge in [0.25, 0.3) is 5.91 Å². The van der Waals surface area contributed by atoms with Gasteiger partial charge in [-0.1, -0.05) is 48.0 Å². The highest BCUT2D eigenvalue weighted by Gasteiger charge is 2.15. The molecule has 0 radical (unpaired) electrons. The van der Waals surface area contributed by atoms with Crippen molar-refractivity contribution in [3.63, 3.8) is 0 Å². The molecular weight excluding hydrogens is 434 g/mol. The van der Waals surface area contributed by atoms with Crippen LogP contribution < -0.4 is 15.4 Å². The number of carbonyl (C=O) groups excluding carboxylic acids is 2. The van der Waals surface area contributed by atoms with Crippen LogP contribution in [0.2, 0.25) is 0 Å². The molecule has 0 aliphatic carbocycles. The molecule has 4 aromatic rings. The Labute approximate surface area is 196 Å². The second kappa shape index (κ2) is 10.1. The molecule has 2 amide bonds. The Morgan fingerprint density at radius 3 is 2.55 bits per heavy atom. The van der Waals surface area contributed by atoms with Gasteiger partial charge in [-0.2, -0.15) is 0 Å². The van der Waals surface area contributed by atoms with Crippen LogP contribution in [-0.4, -0.2) is 23.9 Å². The number of nitrogens with one attached hydrogen (secondary N) is 2. The number of carbonyl (C=O) groups is 2. The van der Waals surface area contributed by atoms with Crippen molar-refractivity contribution in [1.82, 2.24) is 4.98 Å². The molecule has 0 atom stereocenters. The first-order valence-electron chi connectivity index (χ1n) is 10.4. The summed E-state index contributed by atoms with van der Waals surface area (Å²) >= 11 is 1.50. The largest absolute Gasteiger partial charge is 0.497 e. The minimum Gasteiger partial charge on any atom is -0.497 e. The average molecular weight is 458 g/mol. The van der Waals surface area contributed by atoms with E-state index in [4.69, 9.17) is 4.74 Å². The van der Waals surface area contributed by atoms with Crippen molar-refractivity contribution in [3.8, 4) is 16.3 Å². The van der Waals surface area contributed by atoms with Gasteiger partial charge in [-0.25, -0.2) is 4.98 Å². The van der Waals surface area contributed by atoms with Crippen LogP contribution in [0.25, 0.3) is 10.6 Å². The van der Waals surface area contributed by atoms with Gasteiger partial charge in [-0.05, 0) is 31.2 Å². The smallest absolute Gasteiger partial charge is 0.257 e. The third kappa shape index (κ3) is 5.64. The Balaban J connectivity index is 1.43. The van der Waals surface area contributed by atoms with Crippen molar-refractivity contribution in [3.05, 3.63) is 95.0 Å². The highest BCUT2D eigenvalue weighted by molar-refractivity contribution is 7.13. The number of aromatic nitrogens is 1. The van der Waals surface area contributed by atoms with E-state index in [-0.39, 0.29) is 18.2 Å². The lowest BCUT2D eigenvalue weighted by Crippen LogP contribution is -2.19. The summed E-state index contributed by atoms with van der Waals surface area (Å²) in [6, 6.07) is 22.1. The Hall–Kier alpha value is -3.97. The summed E-state index contributed by atoms with van der Waals surface area (Å²) in [5.74, 6) is 0.0783. The monoisotopic (exact) mass is 457 g/mol. The van der Waals surface area contributed by atoms with E-state index < -0.39 is 0 Å². The van der Waals surface area contributed by atoms with E-state index in [9.17, 15) is 9.59 Å². The lowest BCUT2D eigenvalue weighted by atomic mass is 10.1. The van der Waals surface area contributed by atoms with Crippen LogP contribution in [-0.2, 0) is 11.2 Å². The standard InChI is InChI=1S/C26H23N3O3S/c1-17-10-12-18(13-11-17)26-28-20(16-33-26)15-24(30)29-23-9-4-3-8-22(23)25(31)27-19-6-5-7-21(14-19)32-2/h3-14,16H,15H2,1-2H3,(H,27,31)(H,29,30). The van der Waals surface area contributed by atoms with E-state index in [2.05, 4.69) is 15.6 Å². The summed E-state index contributed by atoms with van der Waals surface area (Å²) in [6.07, 6.45) is 0.119. The van der Waals surface area contributed by atoms with Crippen LogP contribution in [0.5, 0.6) is 5.75 Å². The number of nitrogens with zero attached hydrogens (tertiary/aromatic N) is 1. The number of benzene rings is 3. The second-order valence-electron chi connectivity index (χ2n) is 7.47. The van der Waals surface area contributed by atoms with Gasteiger partial charge >= 0.3 is 0 Å². The third-order valence-electron chi connectivity index (χ3n) is 4.97. The number of hydrogen-bond donors (Lipinski definition) is 2. The number of hydrogen-bond acceptors (Lipinski definition) is 5. The lowest BCUT2D eigenvalue weighted by molar-refractivity contribution is -0.115. The zero-order valence-corrected chi connectivity index (χ0v) is 19.1. The summed E-state index contributed by atoms with van der Waals surface area (Å²) in [6.45, 7) is 2.04. The van der Waals surface area contributed by atoms with E-state index in [0.29, 0.717) is 28.4 Å². The number of para-hydroxylation sites is 1. The first-order valence-corrected chi connectivity index (χ1v) is 11.3. The predicted octanol–water partition coefficient (Wildman–Crippen LogP) is 5.56. The van der Waals surface area contributed by atoms with Crippen molar-refractivity contribution < 1.29 is 14.3 Å². The highest BCUT2D eigenvalue weighted by Crippen LogP contribution is 2.25. The van der Waals surface area contributed by atoms with Crippen molar-refractivity contribution >= 4 is 34.5 Å². The van der Waals surface area contributed by atoms with E-state index in [1.54, 1.807) is 55.6 Å². The maximum absolute atomic E-state index is 12.8. The van der Waals surface area contributed by atoms with Gasteiger partial charge in [0.15, 0.2) is 0 Å². The van der Waals surface area contributed by atoms with Gasteiger partial charge in [-0.3, -0.25) is 9.59 Å². The number of ether oxygens (including phenoxy) is 1. The summed E-state index contributed by atoms with van der Waals surface area (Å²) in [5.41, 5.74) is 4.31. The fourth-order valence-corrected chi connectivity index (χ4v) is 4.09. The molecular formula is C26H23N3O3S. The number of aryl methyl sites for hydroxylation is 1. The molecule has 6 nitrogen and oxygen atoms in total. The van der Waals surface area contributed by atoms with E-state index in [1.165, 1.54) is 16.9 Å². The molecule has 166 valence electrons. The molecule has 0 aliphatic rings. The second-order valence-corrected chi connectivity index (χ2v) is 8.32. The zero-order valence-electron chi connectivity index (χ0n) is 18.3. The molecule has 0 unspecified atom stereocenters. The molecule has 0 spiro atoms. The third-order valence-corrected chi connectivity index (χ3v) is 5.91. The van der Waals surface area contributed by atoms with Crippen LogP contribution in [0.1, 0.15) is 21.6 Å². The minimum absolute atomic E-state index is 0.119. The Morgan fingerprint density at radius 2 is 1.76 bits per heavy atom. The fourth-order valence-electron chi connectivity index (χ4n) is 3.27. The number of rotatable bonds is 7. The maximum atomic E-state index is 12.8. The van der Waals surface area contributed by atoms with Crippen LogP contribution in [0.3, 0.4) is 0 Å². The normalized spacial score (nSPS) is 10.5. The molecule has 0 saturated carbocycles. The van der Waals surface area contributed by atoms with Gasteiger partial charge in [0.05, 0.1) is 30.5 Å². The predicted molar refractivity (Wildman–Crippen MR) is 132 cm³/mol. The van der Waals surface area contributed by atoms with Gasteiger partial charge < -0.3 is 15.4 Å². The van der Waals surface area contributed by atoms with Gasteiger partial charge in [0, 0.05) is 22.7 Å². The van der Waals surface area contributed by atoms with Crippen LogP contribution in [0.4, 0.5) is 11.4 Å². The maximum Gasteiger partial charge on any atom is 0.257 e. The van der Waals surface area contributed by atoms with E-state index >= 15 is 0 Å². The molecule has 2 N–H and O–H groups in total. The molecule has 33 heavy (non-hydrogen) atoms. The van der Waals surface area contributed by atoms with Crippen molar-refractivity contribution in [2.24, 2.45) is 0 Å². The van der Waals surface area contributed by atoms with Crippen LogP contribution >= 0.6 is 11.3 Å². The highest BCUT2D eigenvalue weighted by atomic mass is 32.1. The average Bonchev–Trinajstić information content (AvgIpc) is 3.28. The molecule has 1 heterocycles. The fraction of sp³-hybridized carbons (Fsp3) is 0.115. The molecule has 7 heteroatoms. The summed E-state index contributed by atoms with van der Waals surface area (Å²) < 4.78 is 5.20. The van der Waals surface area contributed by atoms with Crippen LogP contribution in [0.15, 0.2) is 78.2 Å². The molecule has 0 aliphatic heterocycles. The Morgan fingerprint density at radius 1 is 0.970 bits per heavy atom. The van der Waals surface area contributed by atoms with Gasteiger partial charge in [-0.15, -0.1) is 11.3 Å². The Bertz CT molecular complexity index is 1280. The van der Waals surface area contributed by atoms with Crippen LogP contribution in [0, 0.1) is 6.92 Å². The SMILES string of the molecule is COc1cccc(NC(=O)c2ccccc2NC(=O)Cc2csc(-c3ccc(C)cc3)n2)c1. The van der Waals surface area contributed by atoms with Gasteiger partial charge in [0.2, 0.25) is 5.91 Å². The lowest BCUT2D eigenvalue weighted by Gasteiger charge is -2.12. The molecule has 0 fully saturated rings. The van der Waals surface area contributed by atoms with Crippen molar-refractivity contribution in [2.45, 2.75) is 13.3 Å². The number of thiazole rings is 1. The number of methoxy groups -OCH3 is 1. The molecule has 0 bridgehead atoms. The number of amides is 2. The van der Waals surface area contributed by atoms with Gasteiger partial charge in [0.1, 0.15) is 10.8 Å². The van der Waals surface area contributed by atoms with Crippen molar-refractivity contribution in [1.29, 1.82) is 0 Å².